The molecule has 0 saturated carbocycles. The first-order valence-electron chi connectivity index (χ1n) is 5.54. The number of nitrogens with one attached hydrogen (secondary N) is 1. The zero-order valence-corrected chi connectivity index (χ0v) is 10.2. The first-order valence-corrected chi connectivity index (χ1v) is 5.54. The Balaban J connectivity index is 2.54. The highest BCUT2D eigenvalue weighted by molar-refractivity contribution is 5.93. The normalized spacial score (nSPS) is 12.7. The molecule has 1 rings (SSSR count). The number of aromatic nitrogens is 1. The van der Waals surface area contributed by atoms with Crippen LogP contribution in [0.4, 0.5) is 0 Å². The maximum Gasteiger partial charge on any atom is 0.120 e. The Morgan fingerprint density at radius 3 is 2.88 bits per heavy atom. The van der Waals surface area contributed by atoms with E-state index in [-0.39, 0.29) is 0 Å². The molecule has 0 spiro atoms. The molecule has 0 aromatic carbocycles. The second-order valence-corrected chi connectivity index (χ2v) is 3.63. The van der Waals surface area contributed by atoms with Crippen LogP contribution in [0.3, 0.4) is 0 Å². The molecule has 1 aromatic rings. The van der Waals surface area contributed by atoms with Gasteiger partial charge in [0.1, 0.15) is 5.84 Å². The van der Waals surface area contributed by atoms with E-state index in [4.69, 9.17) is 0 Å². The molecule has 1 heterocycles. The fourth-order valence-electron chi connectivity index (χ4n) is 1.21. The minimum absolute atomic E-state index is 0.709. The molecule has 0 amide bonds. The molecule has 3 heteroatoms. The maximum atomic E-state index is 4.25. The van der Waals surface area contributed by atoms with Gasteiger partial charge in [-0.05, 0) is 31.6 Å². The third kappa shape index (κ3) is 4.26. The van der Waals surface area contributed by atoms with E-state index in [0.29, 0.717) is 6.54 Å². The summed E-state index contributed by atoms with van der Waals surface area (Å²) in [4.78, 5) is 8.44. The Kier molecular flexibility index (Phi) is 5.26. The van der Waals surface area contributed by atoms with Crippen LogP contribution < -0.4 is 5.32 Å². The van der Waals surface area contributed by atoms with Gasteiger partial charge in [0.05, 0.1) is 12.2 Å². The minimum atomic E-state index is 0.709. The van der Waals surface area contributed by atoms with E-state index in [2.05, 4.69) is 35.2 Å². The number of aliphatic imine (C=N–C) groups is 1. The van der Waals surface area contributed by atoms with Gasteiger partial charge in [0.15, 0.2) is 0 Å². The Labute approximate surface area is 97.3 Å². The number of hydrogen-bond donors (Lipinski definition) is 1. The van der Waals surface area contributed by atoms with Gasteiger partial charge in [0, 0.05) is 13.2 Å². The van der Waals surface area contributed by atoms with Crippen molar-refractivity contribution in [2.24, 2.45) is 4.99 Å². The largest absolute Gasteiger partial charge is 0.365 e. The van der Waals surface area contributed by atoms with Gasteiger partial charge in [-0.1, -0.05) is 18.6 Å². The van der Waals surface area contributed by atoms with Crippen LogP contribution in [0.1, 0.15) is 26.0 Å². The molecule has 0 bridgehead atoms. The van der Waals surface area contributed by atoms with E-state index in [1.807, 2.05) is 18.2 Å². The van der Waals surface area contributed by atoms with E-state index >= 15 is 0 Å². The zero-order valence-electron chi connectivity index (χ0n) is 10.2. The van der Waals surface area contributed by atoms with Gasteiger partial charge in [-0.3, -0.25) is 9.98 Å². The molecule has 1 aromatic heterocycles. The van der Waals surface area contributed by atoms with Crippen LogP contribution in [0.25, 0.3) is 0 Å². The quantitative estimate of drug-likeness (QED) is 0.621. The number of nitrogens with zero attached hydrogens (tertiary/aromatic N) is 2. The van der Waals surface area contributed by atoms with E-state index in [0.717, 1.165) is 18.0 Å². The lowest BCUT2D eigenvalue weighted by Gasteiger charge is -2.06. The summed E-state index contributed by atoms with van der Waals surface area (Å²) in [6, 6.07) is 5.90. The molecular formula is C13H19N3. The van der Waals surface area contributed by atoms with Gasteiger partial charge in [-0.2, -0.15) is 0 Å². The molecule has 0 aliphatic rings. The highest BCUT2D eigenvalue weighted by Crippen LogP contribution is 1.98. The van der Waals surface area contributed by atoms with E-state index in [1.165, 1.54) is 5.57 Å². The van der Waals surface area contributed by atoms with Crippen LogP contribution in [0.15, 0.2) is 41.0 Å². The predicted molar refractivity (Wildman–Crippen MR) is 68.5 cm³/mol. The molecular weight excluding hydrogens is 198 g/mol. The van der Waals surface area contributed by atoms with Crippen LogP contribution in [-0.4, -0.2) is 17.9 Å². The molecule has 0 aliphatic heterocycles. The van der Waals surface area contributed by atoms with Crippen molar-refractivity contribution in [1.29, 1.82) is 0 Å². The minimum Gasteiger partial charge on any atom is -0.365 e. The lowest BCUT2D eigenvalue weighted by molar-refractivity contribution is 0.872. The fourth-order valence-corrected chi connectivity index (χ4v) is 1.21. The Bertz CT molecular complexity index is 366. The third-order valence-electron chi connectivity index (χ3n) is 2.36. The van der Waals surface area contributed by atoms with Crippen molar-refractivity contribution < 1.29 is 0 Å². The molecule has 0 fully saturated rings. The Morgan fingerprint density at radius 1 is 1.50 bits per heavy atom. The maximum absolute atomic E-state index is 4.25. The SMILES string of the molecule is CC/C(C)=C\C(=NC)NCc1ccccn1. The van der Waals surface area contributed by atoms with Gasteiger partial charge >= 0.3 is 0 Å². The summed E-state index contributed by atoms with van der Waals surface area (Å²) in [7, 11) is 1.79. The predicted octanol–water partition coefficient (Wildman–Crippen LogP) is 2.56. The first-order chi connectivity index (χ1) is 7.76. The van der Waals surface area contributed by atoms with Gasteiger partial charge in [0.25, 0.3) is 0 Å². The Morgan fingerprint density at radius 2 is 2.31 bits per heavy atom. The average molecular weight is 217 g/mol. The molecule has 0 aliphatic carbocycles. The molecule has 0 radical (unpaired) electrons. The van der Waals surface area contributed by atoms with E-state index < -0.39 is 0 Å². The molecule has 86 valence electrons. The average Bonchev–Trinajstić information content (AvgIpc) is 2.35. The first kappa shape index (κ1) is 12.4. The van der Waals surface area contributed by atoms with Crippen LogP contribution in [0.2, 0.25) is 0 Å². The lowest BCUT2D eigenvalue weighted by atomic mass is 10.2. The van der Waals surface area contributed by atoms with Crippen molar-refractivity contribution in [2.75, 3.05) is 7.05 Å². The van der Waals surface area contributed by atoms with Crippen molar-refractivity contribution in [3.8, 4) is 0 Å². The van der Waals surface area contributed by atoms with Crippen molar-refractivity contribution in [3.05, 3.63) is 41.7 Å². The van der Waals surface area contributed by atoms with E-state index in [1.54, 1.807) is 13.2 Å². The monoisotopic (exact) mass is 217 g/mol. The zero-order chi connectivity index (χ0) is 11.8. The summed E-state index contributed by atoms with van der Waals surface area (Å²) in [5, 5.41) is 3.26. The molecule has 3 nitrogen and oxygen atoms in total. The third-order valence-corrected chi connectivity index (χ3v) is 2.36. The Hall–Kier alpha value is -1.64. The topological polar surface area (TPSA) is 37.3 Å². The number of rotatable bonds is 4. The van der Waals surface area contributed by atoms with Crippen molar-refractivity contribution in [1.82, 2.24) is 10.3 Å². The van der Waals surface area contributed by atoms with Crippen LogP contribution >= 0.6 is 0 Å². The van der Waals surface area contributed by atoms with Crippen molar-refractivity contribution in [2.45, 2.75) is 26.8 Å². The summed E-state index contributed by atoms with van der Waals surface area (Å²) in [5.74, 6) is 0.907. The number of hydrogen-bond acceptors (Lipinski definition) is 2. The lowest BCUT2D eigenvalue weighted by Crippen LogP contribution is -2.21. The summed E-state index contributed by atoms with van der Waals surface area (Å²) >= 11 is 0. The van der Waals surface area contributed by atoms with Crippen molar-refractivity contribution in [3.63, 3.8) is 0 Å². The number of allylic oxidation sites excluding steroid dienone is 1. The van der Waals surface area contributed by atoms with Crippen LogP contribution in [0, 0.1) is 0 Å². The standard InChI is InChI=1S/C13H19N3/c1-4-11(2)9-13(14-3)16-10-12-7-5-6-8-15-12/h5-9H,4,10H2,1-3H3,(H,14,16)/b11-9-. The summed E-state index contributed by atoms with van der Waals surface area (Å²) in [6.45, 7) is 4.95. The smallest absolute Gasteiger partial charge is 0.120 e. The molecule has 0 unspecified atom stereocenters. The molecule has 0 saturated heterocycles. The molecule has 16 heavy (non-hydrogen) atoms. The second-order valence-electron chi connectivity index (χ2n) is 3.63. The summed E-state index contributed by atoms with van der Waals surface area (Å²) in [5.41, 5.74) is 2.33. The second kappa shape index (κ2) is 6.77. The summed E-state index contributed by atoms with van der Waals surface area (Å²) < 4.78 is 0. The van der Waals surface area contributed by atoms with Crippen LogP contribution in [0.5, 0.6) is 0 Å². The van der Waals surface area contributed by atoms with Gasteiger partial charge in [-0.15, -0.1) is 0 Å². The number of amidine groups is 1. The summed E-state index contributed by atoms with van der Waals surface area (Å²) in [6.07, 6.45) is 4.92. The molecule has 0 atom stereocenters. The highest BCUT2D eigenvalue weighted by atomic mass is 15.0. The van der Waals surface area contributed by atoms with Crippen molar-refractivity contribution >= 4 is 5.84 Å². The van der Waals surface area contributed by atoms with Gasteiger partial charge in [-0.25, -0.2) is 0 Å². The van der Waals surface area contributed by atoms with Gasteiger partial charge < -0.3 is 5.32 Å². The van der Waals surface area contributed by atoms with Crippen LogP contribution in [-0.2, 0) is 6.54 Å². The molecule has 1 N–H and O–H groups in total. The van der Waals surface area contributed by atoms with Gasteiger partial charge in [0.2, 0.25) is 0 Å². The number of pyridine rings is 1. The van der Waals surface area contributed by atoms with E-state index in [9.17, 15) is 0 Å². The highest BCUT2D eigenvalue weighted by Gasteiger charge is 1.96. The fraction of sp³-hybridized carbons (Fsp3) is 0.385.